The van der Waals surface area contributed by atoms with Crippen molar-refractivity contribution in [3.8, 4) is 0 Å². The lowest BCUT2D eigenvalue weighted by Crippen LogP contribution is -3.62. The fraction of sp³-hybridized carbons (Fsp3) is 0.567. The number of ketones is 1. The SMILES string of the molecule is CC(C)(C)c1ccccc1[I+]c1ccccc1C(C)(C)C.O=C1C(F)(F)C2(F)C(F)(F)C(F)(F)C1(C(F)(F)S(=O)(=O)[O-])C2(C(F)(F)F)C(F)(F)F. The molecule has 2 saturated carbocycles. The van der Waals surface area contributed by atoms with E-state index in [0.29, 0.717) is 0 Å². The first-order chi connectivity index (χ1) is 22.3. The molecule has 2 aliphatic rings. The van der Waals surface area contributed by atoms with Crippen molar-refractivity contribution in [2.75, 3.05) is 0 Å². The molecule has 0 saturated heterocycles. The monoisotopic (exact) mass is 894 g/mol. The van der Waals surface area contributed by atoms with Crippen molar-refractivity contribution in [2.45, 2.75) is 93.4 Å². The van der Waals surface area contributed by atoms with E-state index in [-0.39, 0.29) is 32.0 Å². The summed E-state index contributed by atoms with van der Waals surface area (Å²) in [5, 5.41) is -8.18. The molecule has 2 aromatic rings. The summed E-state index contributed by atoms with van der Waals surface area (Å²) in [4.78, 5) is 11.4. The number of Topliss-reactive ketones (excluding diaryl/α,β-unsaturated/α-hetero) is 1. The van der Waals surface area contributed by atoms with Gasteiger partial charge in [-0.15, -0.1) is 0 Å². The minimum absolute atomic E-state index is 0.147. The average Bonchev–Trinajstić information content (AvgIpc) is 3.13. The second kappa shape index (κ2) is 11.8. The summed E-state index contributed by atoms with van der Waals surface area (Å²) in [5.74, 6) is -29.1. The van der Waals surface area contributed by atoms with Crippen LogP contribution in [0, 0.1) is 18.0 Å². The first-order valence-corrected chi connectivity index (χ1v) is 17.6. The minimum atomic E-state index is -8.47. The van der Waals surface area contributed by atoms with Gasteiger partial charge in [0, 0.05) is 11.1 Å². The lowest BCUT2D eigenvalue weighted by Gasteiger charge is -2.47. The zero-order valence-corrected chi connectivity index (χ0v) is 29.7. The largest absolute Gasteiger partial charge is 0.743 e. The van der Waals surface area contributed by atoms with Crippen molar-refractivity contribution in [1.82, 2.24) is 0 Å². The molecule has 21 heteroatoms. The van der Waals surface area contributed by atoms with E-state index in [1.165, 1.54) is 11.1 Å². The van der Waals surface area contributed by atoms with Gasteiger partial charge in [-0.2, -0.15) is 61.5 Å². The molecule has 2 aliphatic carbocycles. The number of hydrogen-bond donors (Lipinski definition) is 0. The van der Waals surface area contributed by atoms with Gasteiger partial charge >= 0.3 is 56.6 Å². The Balaban J connectivity index is 0.000000293. The molecular weight excluding hydrogens is 868 g/mol. The Kier molecular flexibility index (Phi) is 10.0. The van der Waals surface area contributed by atoms with Gasteiger partial charge in [0.1, 0.15) is 0 Å². The van der Waals surface area contributed by atoms with Crippen molar-refractivity contribution < 1.29 is 105 Å². The van der Waals surface area contributed by atoms with Crippen LogP contribution in [0.3, 0.4) is 0 Å². The summed E-state index contributed by atoms with van der Waals surface area (Å²) in [6.07, 6.45) is -16.8. The predicted molar refractivity (Wildman–Crippen MR) is 143 cm³/mol. The van der Waals surface area contributed by atoms with E-state index in [1.54, 1.807) is 7.14 Å². The molecule has 4 rings (SSSR count). The highest BCUT2D eigenvalue weighted by molar-refractivity contribution is 7.86. The molecule has 4 nitrogen and oxygen atoms in total. The Hall–Kier alpha value is -2.30. The molecule has 2 bridgehead atoms. The number of halogens is 16. The maximum atomic E-state index is 14.6. The lowest BCUT2D eigenvalue weighted by atomic mass is 9.63. The molecule has 0 heterocycles. The van der Waals surface area contributed by atoms with Crippen LogP contribution in [0.2, 0.25) is 0 Å². The average molecular weight is 894 g/mol. The number of carbonyl (C=O) groups is 1. The molecule has 0 aliphatic heterocycles. The van der Waals surface area contributed by atoms with Crippen molar-refractivity contribution >= 4 is 15.9 Å². The maximum absolute atomic E-state index is 14.6. The third-order valence-corrected chi connectivity index (χ3v) is 12.6. The highest BCUT2D eigenvalue weighted by Gasteiger charge is 3.20. The van der Waals surface area contributed by atoms with E-state index in [0.717, 1.165) is 0 Å². The predicted octanol–water partition coefficient (Wildman–Crippen LogP) is 5.84. The van der Waals surface area contributed by atoms with E-state index in [1.807, 2.05) is 0 Å². The smallest absolute Gasteiger partial charge is 0.408 e. The quantitative estimate of drug-likeness (QED) is 0.220. The van der Waals surface area contributed by atoms with Gasteiger partial charge in [-0.05, 0) is 23.0 Å². The number of hydrogen-bond acceptors (Lipinski definition) is 4. The number of benzene rings is 2. The summed E-state index contributed by atoms with van der Waals surface area (Å²) in [5.41, 5.74) is -21.4. The maximum Gasteiger partial charge on any atom is 0.408 e. The number of fused-ring (bicyclic) bond motifs is 2. The van der Waals surface area contributed by atoms with Gasteiger partial charge < -0.3 is 4.55 Å². The third-order valence-electron chi connectivity index (χ3n) is 8.60. The molecule has 0 N–H and O–H groups in total. The normalized spacial score (nSPS) is 25.7. The fourth-order valence-electron chi connectivity index (χ4n) is 6.43. The topological polar surface area (TPSA) is 74.3 Å². The standard InChI is InChI=1S/C20H26I.C10HF15O4S/c1-19(2,3)15-11-7-9-13-17(15)21-18-14-10-8-12-16(18)20(4,5)6;11-3(12)1(26)2(10(24,25)30(27,28)29)4(8(18,19)20,9(21,22)23)5(3,13)7(16,17)6(2,14)15/h7-14H,1-6H3;(H,27,28,29)/q+1;/p-1. The second-order valence-corrected chi connectivity index (χ2v) is 18.0. The fourth-order valence-corrected chi connectivity index (χ4v) is 11.1. The van der Waals surface area contributed by atoms with Crippen LogP contribution in [0.15, 0.2) is 48.5 Å². The van der Waals surface area contributed by atoms with Crippen LogP contribution in [0.1, 0.15) is 52.7 Å². The van der Waals surface area contributed by atoms with E-state index >= 15 is 0 Å². The highest BCUT2D eigenvalue weighted by Crippen LogP contribution is 2.90. The molecule has 2 aromatic carbocycles. The minimum Gasteiger partial charge on any atom is -0.743 e. The van der Waals surface area contributed by atoms with Crippen LogP contribution in [0.5, 0.6) is 0 Å². The first-order valence-electron chi connectivity index (χ1n) is 14.0. The molecule has 2 fully saturated rings. The summed E-state index contributed by atoms with van der Waals surface area (Å²) < 4.78 is 241. The molecule has 0 amide bonds. The molecule has 288 valence electrons. The zero-order valence-electron chi connectivity index (χ0n) is 26.7. The Morgan fingerprint density at radius 1 is 0.608 bits per heavy atom. The molecule has 51 heavy (non-hydrogen) atoms. The number of carbonyl (C=O) groups excluding carboxylic acids is 1. The van der Waals surface area contributed by atoms with Gasteiger partial charge in [-0.3, -0.25) is 4.79 Å². The summed E-state index contributed by atoms with van der Waals surface area (Å²) in [6, 6.07) is 18.0. The Morgan fingerprint density at radius 2 is 0.941 bits per heavy atom. The van der Waals surface area contributed by atoms with Gasteiger partial charge in [0.15, 0.2) is 17.3 Å². The first kappa shape index (κ1) is 43.1. The Labute approximate surface area is 291 Å². The third kappa shape index (κ3) is 5.25. The molecule has 2 unspecified atom stereocenters. The highest BCUT2D eigenvalue weighted by atomic mass is 127. The lowest BCUT2D eigenvalue weighted by molar-refractivity contribution is -0.599. The van der Waals surface area contributed by atoms with Crippen LogP contribution in [-0.2, 0) is 25.7 Å². The number of rotatable bonds is 4. The summed E-state index contributed by atoms with van der Waals surface area (Å²) >= 11 is -0.147. The van der Waals surface area contributed by atoms with E-state index in [2.05, 4.69) is 90.1 Å². The van der Waals surface area contributed by atoms with Crippen LogP contribution in [-0.4, -0.2) is 59.8 Å². The van der Waals surface area contributed by atoms with Gasteiger partial charge in [0.05, 0.1) is 0 Å². The summed E-state index contributed by atoms with van der Waals surface area (Å²) in [7, 11) is -8.47. The van der Waals surface area contributed by atoms with Crippen molar-refractivity contribution in [2.24, 2.45) is 10.8 Å². The van der Waals surface area contributed by atoms with Gasteiger partial charge in [0.2, 0.25) is 16.6 Å². The molecule has 0 spiro atoms. The van der Waals surface area contributed by atoms with Crippen LogP contribution >= 0.6 is 0 Å². The molecule has 2 atom stereocenters. The van der Waals surface area contributed by atoms with Gasteiger partial charge in [0.25, 0.3) is 5.67 Å². The molecular formula is C30H26F15IO4S. The Bertz CT molecular complexity index is 1740. The van der Waals surface area contributed by atoms with Crippen molar-refractivity contribution in [3.05, 3.63) is 66.8 Å². The number of alkyl halides is 15. The van der Waals surface area contributed by atoms with Crippen LogP contribution in [0.4, 0.5) is 65.9 Å². The van der Waals surface area contributed by atoms with Crippen molar-refractivity contribution in [1.29, 1.82) is 0 Å². The van der Waals surface area contributed by atoms with E-state index in [4.69, 9.17) is 0 Å². The van der Waals surface area contributed by atoms with Crippen LogP contribution < -0.4 is 21.2 Å². The van der Waals surface area contributed by atoms with Crippen molar-refractivity contribution in [3.63, 3.8) is 0 Å². The second-order valence-electron chi connectivity index (χ2n) is 13.7. The Morgan fingerprint density at radius 3 is 1.24 bits per heavy atom. The van der Waals surface area contributed by atoms with E-state index in [9.17, 15) is 83.6 Å². The molecule has 0 radical (unpaired) electrons. The van der Waals surface area contributed by atoms with Crippen LogP contribution in [0.25, 0.3) is 0 Å². The van der Waals surface area contributed by atoms with Gasteiger partial charge in [-0.1, -0.05) is 77.9 Å². The van der Waals surface area contributed by atoms with E-state index < -0.39 is 67.8 Å². The molecule has 0 aromatic heterocycles. The van der Waals surface area contributed by atoms with Gasteiger partial charge in [-0.25, -0.2) is 12.8 Å². The summed E-state index contributed by atoms with van der Waals surface area (Å²) in [6.45, 7) is 13.9. The zero-order chi connectivity index (χ0) is 40.3.